The Morgan fingerprint density at radius 1 is 1.37 bits per heavy atom. The first-order valence-corrected chi connectivity index (χ1v) is 6.97. The summed E-state index contributed by atoms with van der Waals surface area (Å²) in [4.78, 5) is 11.7. The van der Waals surface area contributed by atoms with Crippen LogP contribution >= 0.6 is 23.4 Å². The van der Waals surface area contributed by atoms with Crippen LogP contribution < -0.4 is 0 Å². The first-order valence-electron chi connectivity index (χ1n) is 5.61. The molecule has 0 bridgehead atoms. The van der Waals surface area contributed by atoms with Crippen molar-refractivity contribution < 1.29 is 18.0 Å². The monoisotopic (exact) mass is 312 g/mol. The summed E-state index contributed by atoms with van der Waals surface area (Å²) in [5.41, 5.74) is 1.14. The Morgan fingerprint density at radius 2 is 1.89 bits per heavy atom. The highest BCUT2D eigenvalue weighted by Crippen LogP contribution is 2.27. The number of alkyl halides is 3. The summed E-state index contributed by atoms with van der Waals surface area (Å²) in [6, 6.07) is 5.85. The molecule has 19 heavy (non-hydrogen) atoms. The molecule has 1 nitrogen and oxygen atoms in total. The lowest BCUT2D eigenvalue weighted by Gasteiger charge is -2.02. The van der Waals surface area contributed by atoms with Crippen LogP contribution in [0.4, 0.5) is 13.2 Å². The van der Waals surface area contributed by atoms with Crippen LogP contribution in [0.5, 0.6) is 0 Å². The Morgan fingerprint density at radius 3 is 2.26 bits per heavy atom. The van der Waals surface area contributed by atoms with Gasteiger partial charge in [0.05, 0.1) is 10.8 Å². The maximum Gasteiger partial charge on any atom is 0.388 e. The number of ketones is 1. The third-order valence-electron chi connectivity index (χ3n) is 1.92. The fourth-order valence-corrected chi connectivity index (χ4v) is 2.02. The molecule has 0 saturated heterocycles. The van der Waals surface area contributed by atoms with E-state index < -0.39 is 12.6 Å². The van der Waals surface area contributed by atoms with Gasteiger partial charge < -0.3 is 0 Å². The van der Waals surface area contributed by atoms with Gasteiger partial charge >= 0.3 is 6.18 Å². The molecule has 1 aromatic rings. The van der Waals surface area contributed by atoms with Crippen LogP contribution in [0.3, 0.4) is 0 Å². The third-order valence-corrected chi connectivity index (χ3v) is 3.56. The molecule has 6 heteroatoms. The van der Waals surface area contributed by atoms with Gasteiger partial charge in [-0.3, -0.25) is 4.79 Å². The van der Waals surface area contributed by atoms with Gasteiger partial charge in [-0.2, -0.15) is 13.2 Å². The van der Waals surface area contributed by atoms with E-state index in [-0.39, 0.29) is 5.78 Å². The van der Waals surface area contributed by atoms with E-state index in [4.69, 9.17) is 11.6 Å². The number of Topliss-reactive ketones (excluding diaryl/α,β-unsaturated/α-hetero) is 1. The van der Waals surface area contributed by atoms with Crippen molar-refractivity contribution in [1.82, 2.24) is 0 Å². The van der Waals surface area contributed by atoms with Crippen LogP contribution in [0.15, 0.2) is 23.1 Å². The second-order valence-electron chi connectivity index (χ2n) is 3.89. The van der Waals surface area contributed by atoms with E-state index >= 15 is 0 Å². The highest BCUT2D eigenvalue weighted by molar-refractivity contribution is 8.00. The Kier molecular flexibility index (Phi) is 8.18. The summed E-state index contributed by atoms with van der Waals surface area (Å²) in [5.74, 6) is 0.657. The molecule has 0 heterocycles. The molecule has 108 valence electrons. The van der Waals surface area contributed by atoms with Gasteiger partial charge in [0.2, 0.25) is 0 Å². The lowest BCUT2D eigenvalue weighted by atomic mass is 10.2. The van der Waals surface area contributed by atoms with Gasteiger partial charge in [-0.1, -0.05) is 24.6 Å². The number of benzene rings is 1. The van der Waals surface area contributed by atoms with Crippen molar-refractivity contribution in [2.75, 3.05) is 5.75 Å². The molecule has 0 aliphatic heterocycles. The minimum atomic E-state index is -3.96. The number of rotatable bonds is 3. The predicted octanol–water partition coefficient (Wildman–Crippen LogP) is 5.29. The van der Waals surface area contributed by atoms with Crippen molar-refractivity contribution >= 4 is 29.1 Å². The number of aryl methyl sites for hydroxylation is 1. The van der Waals surface area contributed by atoms with Gasteiger partial charge in [0, 0.05) is 11.3 Å². The molecule has 0 aliphatic carbocycles. The van der Waals surface area contributed by atoms with Gasteiger partial charge in [-0.05, 0) is 31.5 Å². The number of thioether (sulfide) groups is 1. The van der Waals surface area contributed by atoms with Gasteiger partial charge in [0.1, 0.15) is 5.78 Å². The average Bonchev–Trinajstić information content (AvgIpc) is 2.27. The standard InChI is InChI=1S/C10H11ClOS.C3H5F3/c1-7-3-4-10(9(11)5-7)13-6-8(2)12;1-2-3(4,5)6/h3-5H,6H2,1-2H3;2H2,1H3. The zero-order valence-corrected chi connectivity index (χ0v) is 12.5. The molecule has 0 unspecified atom stereocenters. The molecule has 0 spiro atoms. The van der Waals surface area contributed by atoms with Crippen molar-refractivity contribution in [1.29, 1.82) is 0 Å². The van der Waals surface area contributed by atoms with E-state index in [9.17, 15) is 18.0 Å². The smallest absolute Gasteiger partial charge is 0.299 e. The van der Waals surface area contributed by atoms with Gasteiger partial charge in [-0.25, -0.2) is 0 Å². The first-order chi connectivity index (χ1) is 8.65. The van der Waals surface area contributed by atoms with Crippen molar-refractivity contribution in [2.45, 2.75) is 38.3 Å². The molecule has 1 rings (SSSR count). The SMILES string of the molecule is CC(=O)CSc1ccc(C)cc1Cl.CCC(F)(F)F. The fraction of sp³-hybridized carbons (Fsp3) is 0.462. The topological polar surface area (TPSA) is 17.1 Å². The molecular weight excluding hydrogens is 297 g/mol. The van der Waals surface area contributed by atoms with E-state index in [2.05, 4.69) is 0 Å². The summed E-state index contributed by atoms with van der Waals surface area (Å²) in [6.07, 6.45) is -4.69. The Bertz CT molecular complexity index is 419. The molecule has 0 N–H and O–H groups in total. The van der Waals surface area contributed by atoms with Gasteiger partial charge in [-0.15, -0.1) is 11.8 Å². The zero-order chi connectivity index (χ0) is 15.1. The summed E-state index contributed by atoms with van der Waals surface area (Å²) in [7, 11) is 0. The van der Waals surface area contributed by atoms with Crippen LogP contribution in [-0.2, 0) is 4.79 Å². The fourth-order valence-electron chi connectivity index (χ4n) is 0.902. The second kappa shape index (κ2) is 8.48. The van der Waals surface area contributed by atoms with Gasteiger partial charge in [0.25, 0.3) is 0 Å². The number of carbonyl (C=O) groups is 1. The number of carbonyl (C=O) groups excluding carboxylic acids is 1. The van der Waals surface area contributed by atoms with Crippen LogP contribution in [0, 0.1) is 6.92 Å². The number of hydrogen-bond acceptors (Lipinski definition) is 2. The number of halogens is 4. The van der Waals surface area contributed by atoms with Crippen molar-refractivity contribution in [3.63, 3.8) is 0 Å². The lowest BCUT2D eigenvalue weighted by Crippen LogP contribution is -2.02. The molecule has 0 aliphatic rings. The maximum absolute atomic E-state index is 10.8. The van der Waals surface area contributed by atoms with Crippen LogP contribution in [0.2, 0.25) is 5.02 Å². The van der Waals surface area contributed by atoms with Crippen molar-refractivity contribution in [3.8, 4) is 0 Å². The van der Waals surface area contributed by atoms with E-state index in [0.29, 0.717) is 5.75 Å². The van der Waals surface area contributed by atoms with Crippen molar-refractivity contribution in [2.24, 2.45) is 0 Å². The predicted molar refractivity (Wildman–Crippen MR) is 73.9 cm³/mol. The van der Waals surface area contributed by atoms with E-state index in [1.54, 1.807) is 6.92 Å². The summed E-state index contributed by atoms with van der Waals surface area (Å²) in [6.45, 7) is 4.65. The van der Waals surface area contributed by atoms with E-state index in [0.717, 1.165) is 22.4 Å². The van der Waals surface area contributed by atoms with E-state index in [1.165, 1.54) is 11.8 Å². The van der Waals surface area contributed by atoms with Crippen LogP contribution in [0.1, 0.15) is 25.8 Å². The molecule has 1 aromatic carbocycles. The number of hydrogen-bond donors (Lipinski definition) is 0. The molecule has 0 saturated carbocycles. The molecule has 0 fully saturated rings. The lowest BCUT2D eigenvalue weighted by molar-refractivity contribution is -0.130. The molecule has 0 amide bonds. The third kappa shape index (κ3) is 9.85. The minimum Gasteiger partial charge on any atom is -0.299 e. The van der Waals surface area contributed by atoms with Crippen molar-refractivity contribution in [3.05, 3.63) is 28.8 Å². The summed E-state index contributed by atoms with van der Waals surface area (Å²) in [5, 5.41) is 0.728. The Labute approximate surface area is 120 Å². The first kappa shape index (κ1) is 18.3. The van der Waals surface area contributed by atoms with E-state index in [1.807, 2.05) is 25.1 Å². The Balaban J connectivity index is 0.000000459. The van der Waals surface area contributed by atoms with Crippen LogP contribution in [0.25, 0.3) is 0 Å². The highest BCUT2D eigenvalue weighted by atomic mass is 35.5. The normalized spacial score (nSPS) is 10.7. The van der Waals surface area contributed by atoms with Crippen LogP contribution in [-0.4, -0.2) is 17.7 Å². The van der Waals surface area contributed by atoms with Gasteiger partial charge in [0.15, 0.2) is 0 Å². The summed E-state index contributed by atoms with van der Waals surface area (Å²) >= 11 is 7.46. The average molecular weight is 313 g/mol. The zero-order valence-electron chi connectivity index (χ0n) is 11.0. The Hall–Kier alpha value is -0.680. The molecule has 0 radical (unpaired) electrons. The molecule has 0 aromatic heterocycles. The molecular formula is C13H16ClF3OS. The molecule has 0 atom stereocenters. The quantitative estimate of drug-likeness (QED) is 0.706. The highest BCUT2D eigenvalue weighted by Gasteiger charge is 2.22. The second-order valence-corrected chi connectivity index (χ2v) is 5.32. The largest absolute Gasteiger partial charge is 0.388 e. The maximum atomic E-state index is 10.8. The summed E-state index contributed by atoms with van der Waals surface area (Å²) < 4.78 is 32.4. The minimum absolute atomic E-state index is 0.168.